The van der Waals surface area contributed by atoms with Gasteiger partial charge in [-0.05, 0) is 18.8 Å². The van der Waals surface area contributed by atoms with Crippen LogP contribution in [0.25, 0.3) is 0 Å². The van der Waals surface area contributed by atoms with Crippen LogP contribution in [0.15, 0.2) is 6.33 Å². The molecule has 2 atom stereocenters. The van der Waals surface area contributed by atoms with Crippen molar-refractivity contribution in [1.82, 2.24) is 14.8 Å². The van der Waals surface area contributed by atoms with Gasteiger partial charge in [-0.3, -0.25) is 0 Å². The minimum atomic E-state index is 0.491. The molecule has 4 nitrogen and oxygen atoms in total. The van der Waals surface area contributed by atoms with E-state index in [-0.39, 0.29) is 0 Å². The van der Waals surface area contributed by atoms with Gasteiger partial charge < -0.3 is 5.73 Å². The molecule has 1 saturated carbocycles. The molecule has 1 aliphatic carbocycles. The summed E-state index contributed by atoms with van der Waals surface area (Å²) < 4.78 is 2.02. The molecular formula is C10H18N4. The number of hydrogen-bond donors (Lipinski definition) is 1. The van der Waals surface area contributed by atoms with Crippen molar-refractivity contribution >= 4 is 0 Å². The van der Waals surface area contributed by atoms with E-state index in [1.54, 1.807) is 6.33 Å². The van der Waals surface area contributed by atoms with Gasteiger partial charge in [0.1, 0.15) is 12.2 Å². The zero-order chi connectivity index (χ0) is 9.97. The zero-order valence-corrected chi connectivity index (χ0v) is 8.69. The maximum Gasteiger partial charge on any atom is 0.140 e. The molecule has 0 bridgehead atoms. The number of rotatable bonds is 2. The third kappa shape index (κ3) is 1.80. The zero-order valence-electron chi connectivity index (χ0n) is 8.69. The summed E-state index contributed by atoms with van der Waals surface area (Å²) in [5.74, 6) is 1.73. The lowest BCUT2D eigenvalue weighted by atomic mass is 9.87. The van der Waals surface area contributed by atoms with Crippen LogP contribution in [0.4, 0.5) is 0 Å². The minimum absolute atomic E-state index is 0.491. The van der Waals surface area contributed by atoms with Crippen molar-refractivity contribution in [2.24, 2.45) is 11.7 Å². The van der Waals surface area contributed by atoms with E-state index in [1.807, 2.05) is 4.68 Å². The molecule has 0 aliphatic heterocycles. The van der Waals surface area contributed by atoms with Gasteiger partial charge in [-0.25, -0.2) is 9.67 Å². The minimum Gasteiger partial charge on any atom is -0.324 e. The molecule has 1 aliphatic rings. The largest absolute Gasteiger partial charge is 0.324 e. The van der Waals surface area contributed by atoms with Crippen molar-refractivity contribution in [3.8, 4) is 0 Å². The average Bonchev–Trinajstić information content (AvgIpc) is 2.65. The molecule has 78 valence electrons. The summed E-state index contributed by atoms with van der Waals surface area (Å²) in [6.07, 6.45) is 6.71. The molecule has 1 heterocycles. The second-order valence-corrected chi connectivity index (χ2v) is 4.25. The number of nitrogens with zero attached hydrogens (tertiary/aromatic N) is 3. The normalized spacial score (nSPS) is 27.9. The molecule has 14 heavy (non-hydrogen) atoms. The fraction of sp³-hybridized carbons (Fsp3) is 0.800. The Kier molecular flexibility index (Phi) is 2.82. The van der Waals surface area contributed by atoms with E-state index in [1.165, 1.54) is 25.7 Å². The van der Waals surface area contributed by atoms with Crippen LogP contribution in [-0.2, 0) is 6.54 Å². The average molecular weight is 194 g/mol. The number of nitrogens with two attached hydrogens (primary N) is 1. The fourth-order valence-electron chi connectivity index (χ4n) is 2.35. The van der Waals surface area contributed by atoms with Crippen molar-refractivity contribution in [3.05, 3.63) is 12.2 Å². The molecule has 1 fully saturated rings. The number of aromatic nitrogens is 3. The highest BCUT2D eigenvalue weighted by molar-refractivity contribution is 4.88. The Hall–Kier alpha value is -0.900. The molecule has 2 N–H and O–H groups in total. The summed E-state index contributed by atoms with van der Waals surface area (Å²) >= 11 is 0. The number of hydrogen-bond acceptors (Lipinski definition) is 3. The molecule has 0 saturated heterocycles. The molecule has 1 aromatic rings. The van der Waals surface area contributed by atoms with Crippen LogP contribution in [-0.4, -0.2) is 14.8 Å². The molecular weight excluding hydrogens is 176 g/mol. The maximum absolute atomic E-state index is 5.61. The Labute approximate surface area is 84.5 Å². The van der Waals surface area contributed by atoms with E-state index in [0.29, 0.717) is 12.6 Å². The summed E-state index contributed by atoms with van der Waals surface area (Å²) in [7, 11) is 0. The lowest BCUT2D eigenvalue weighted by molar-refractivity contribution is 0.261. The van der Waals surface area contributed by atoms with E-state index in [4.69, 9.17) is 5.73 Å². The van der Waals surface area contributed by atoms with Crippen molar-refractivity contribution in [3.63, 3.8) is 0 Å². The first-order valence-electron chi connectivity index (χ1n) is 5.39. The van der Waals surface area contributed by atoms with Gasteiger partial charge >= 0.3 is 0 Å². The van der Waals surface area contributed by atoms with Gasteiger partial charge in [-0.1, -0.05) is 19.8 Å². The second-order valence-electron chi connectivity index (χ2n) is 4.25. The van der Waals surface area contributed by atoms with Gasteiger partial charge in [0.05, 0.1) is 12.6 Å². The predicted molar refractivity (Wildman–Crippen MR) is 54.6 cm³/mol. The molecule has 0 amide bonds. The molecule has 0 radical (unpaired) electrons. The summed E-state index contributed by atoms with van der Waals surface area (Å²) in [5, 5.41) is 4.27. The Morgan fingerprint density at radius 2 is 2.43 bits per heavy atom. The Morgan fingerprint density at radius 1 is 1.57 bits per heavy atom. The summed E-state index contributed by atoms with van der Waals surface area (Å²) in [6, 6.07) is 0.528. The van der Waals surface area contributed by atoms with Gasteiger partial charge in [0.15, 0.2) is 0 Å². The van der Waals surface area contributed by atoms with Crippen LogP contribution in [0, 0.1) is 5.92 Å². The van der Waals surface area contributed by atoms with Crippen LogP contribution in [0.5, 0.6) is 0 Å². The summed E-state index contributed by atoms with van der Waals surface area (Å²) in [5.41, 5.74) is 5.61. The van der Waals surface area contributed by atoms with Crippen LogP contribution in [0.2, 0.25) is 0 Å². The van der Waals surface area contributed by atoms with E-state index < -0.39 is 0 Å². The summed E-state index contributed by atoms with van der Waals surface area (Å²) in [4.78, 5) is 4.16. The van der Waals surface area contributed by atoms with Gasteiger partial charge in [0.25, 0.3) is 0 Å². The smallest absolute Gasteiger partial charge is 0.140 e. The Morgan fingerprint density at radius 3 is 3.14 bits per heavy atom. The topological polar surface area (TPSA) is 56.7 Å². The van der Waals surface area contributed by atoms with Gasteiger partial charge in [-0.15, -0.1) is 0 Å². The van der Waals surface area contributed by atoms with Gasteiger partial charge in [-0.2, -0.15) is 5.10 Å². The molecule has 0 aromatic carbocycles. The van der Waals surface area contributed by atoms with Crippen molar-refractivity contribution in [2.75, 3.05) is 0 Å². The molecule has 4 heteroatoms. The van der Waals surface area contributed by atoms with Crippen molar-refractivity contribution < 1.29 is 0 Å². The third-order valence-corrected chi connectivity index (χ3v) is 3.08. The van der Waals surface area contributed by atoms with Crippen molar-refractivity contribution in [1.29, 1.82) is 0 Å². The molecule has 1 aromatic heterocycles. The Bertz CT molecular complexity index is 294. The maximum atomic E-state index is 5.61. The van der Waals surface area contributed by atoms with E-state index in [2.05, 4.69) is 17.0 Å². The SMILES string of the molecule is CC1CCCC(n2ncnc2CN)C1. The van der Waals surface area contributed by atoms with Crippen molar-refractivity contribution in [2.45, 2.75) is 45.2 Å². The van der Waals surface area contributed by atoms with Crippen LogP contribution < -0.4 is 5.73 Å². The van der Waals surface area contributed by atoms with Crippen LogP contribution in [0.1, 0.15) is 44.5 Å². The van der Waals surface area contributed by atoms with E-state index in [0.717, 1.165) is 11.7 Å². The fourth-order valence-corrected chi connectivity index (χ4v) is 2.35. The second kappa shape index (κ2) is 4.09. The lowest BCUT2D eigenvalue weighted by Crippen LogP contribution is -2.21. The standard InChI is InChI=1S/C10H18N4/c1-8-3-2-4-9(5-8)14-10(6-11)12-7-13-14/h7-9H,2-6,11H2,1H3. The summed E-state index contributed by atoms with van der Waals surface area (Å²) in [6.45, 7) is 2.80. The monoisotopic (exact) mass is 194 g/mol. The molecule has 0 spiro atoms. The predicted octanol–water partition coefficient (Wildman–Crippen LogP) is 1.49. The first-order chi connectivity index (χ1) is 6.81. The van der Waals surface area contributed by atoms with Gasteiger partial charge in [0, 0.05) is 0 Å². The molecule has 2 rings (SSSR count). The van der Waals surface area contributed by atoms with Crippen LogP contribution in [0.3, 0.4) is 0 Å². The Balaban J connectivity index is 2.13. The first kappa shape index (κ1) is 9.65. The highest BCUT2D eigenvalue weighted by Crippen LogP contribution is 2.31. The highest BCUT2D eigenvalue weighted by atomic mass is 15.4. The van der Waals surface area contributed by atoms with Gasteiger partial charge in [0.2, 0.25) is 0 Å². The first-order valence-corrected chi connectivity index (χ1v) is 5.39. The quantitative estimate of drug-likeness (QED) is 0.776. The van der Waals surface area contributed by atoms with E-state index in [9.17, 15) is 0 Å². The van der Waals surface area contributed by atoms with Crippen LogP contribution >= 0.6 is 0 Å². The lowest BCUT2D eigenvalue weighted by Gasteiger charge is -2.27. The highest BCUT2D eigenvalue weighted by Gasteiger charge is 2.22. The third-order valence-electron chi connectivity index (χ3n) is 3.08. The molecule has 2 unspecified atom stereocenters. The van der Waals surface area contributed by atoms with E-state index >= 15 is 0 Å².